The molecule has 138 valence electrons. The van der Waals surface area contributed by atoms with E-state index in [-0.39, 0.29) is 29.7 Å². The van der Waals surface area contributed by atoms with Crippen molar-refractivity contribution in [3.63, 3.8) is 0 Å². The molecule has 0 aliphatic heterocycles. The normalized spacial score (nSPS) is 11.6. The highest BCUT2D eigenvalue weighted by molar-refractivity contribution is 5.96. The van der Waals surface area contributed by atoms with Gasteiger partial charge in [-0.1, -0.05) is 0 Å². The van der Waals surface area contributed by atoms with Gasteiger partial charge in [-0.2, -0.15) is 0 Å². The fraction of sp³-hybridized carbons (Fsp3) is 0.500. The van der Waals surface area contributed by atoms with E-state index in [2.05, 4.69) is 5.32 Å². The quantitative estimate of drug-likeness (QED) is 0.431. The lowest BCUT2D eigenvalue weighted by atomic mass is 10.1. The molecule has 25 heavy (non-hydrogen) atoms. The molecule has 0 saturated carbocycles. The molecule has 0 aliphatic rings. The number of nitro groups is 1. The van der Waals surface area contributed by atoms with Crippen LogP contribution < -0.4 is 14.8 Å². The van der Waals surface area contributed by atoms with E-state index in [9.17, 15) is 19.7 Å². The van der Waals surface area contributed by atoms with Crippen LogP contribution in [0, 0.1) is 10.1 Å². The Kier molecular flexibility index (Phi) is 7.16. The van der Waals surface area contributed by atoms with E-state index < -0.39 is 28.6 Å². The number of hydrogen-bond acceptors (Lipinski definition) is 7. The van der Waals surface area contributed by atoms with Crippen molar-refractivity contribution in [1.82, 2.24) is 5.32 Å². The zero-order valence-corrected chi connectivity index (χ0v) is 14.8. The Morgan fingerprint density at radius 3 is 2.36 bits per heavy atom. The van der Waals surface area contributed by atoms with Gasteiger partial charge in [0, 0.05) is 12.1 Å². The van der Waals surface area contributed by atoms with Crippen molar-refractivity contribution in [2.24, 2.45) is 0 Å². The summed E-state index contributed by atoms with van der Waals surface area (Å²) in [5.74, 6) is -1.21. The van der Waals surface area contributed by atoms with Crippen LogP contribution in [0.2, 0.25) is 0 Å². The number of carbonyl (C=O) groups is 2. The minimum absolute atomic E-state index is 0.131. The van der Waals surface area contributed by atoms with Crippen molar-refractivity contribution < 1.29 is 28.7 Å². The average Bonchev–Trinajstić information content (AvgIpc) is 2.53. The van der Waals surface area contributed by atoms with Crippen molar-refractivity contribution in [3.05, 3.63) is 27.8 Å². The molecule has 0 fully saturated rings. The van der Waals surface area contributed by atoms with Gasteiger partial charge in [0.15, 0.2) is 17.6 Å². The fourth-order valence-corrected chi connectivity index (χ4v) is 1.97. The molecule has 1 unspecified atom stereocenters. The number of hydrogen-bond donors (Lipinski definition) is 1. The number of nitrogens with one attached hydrogen (secondary N) is 1. The van der Waals surface area contributed by atoms with E-state index in [1.54, 1.807) is 20.8 Å². The highest BCUT2D eigenvalue weighted by Gasteiger charge is 2.28. The van der Waals surface area contributed by atoms with Crippen LogP contribution in [0.25, 0.3) is 0 Å². The predicted molar refractivity (Wildman–Crippen MR) is 89.0 cm³/mol. The van der Waals surface area contributed by atoms with Crippen molar-refractivity contribution in [2.45, 2.75) is 39.8 Å². The van der Waals surface area contributed by atoms with E-state index in [0.717, 1.165) is 6.07 Å². The van der Waals surface area contributed by atoms with E-state index >= 15 is 0 Å². The van der Waals surface area contributed by atoms with Crippen LogP contribution in [0.1, 0.15) is 38.1 Å². The molecule has 9 nitrogen and oxygen atoms in total. The summed E-state index contributed by atoms with van der Waals surface area (Å²) in [6, 6.07) is 2.13. The van der Waals surface area contributed by atoms with Gasteiger partial charge in [0.1, 0.15) is 5.56 Å². The smallest absolute Gasteiger partial charge is 0.346 e. The molecule has 9 heteroatoms. The summed E-state index contributed by atoms with van der Waals surface area (Å²) in [6.07, 6.45) is -1.10. The third-order valence-electron chi connectivity index (χ3n) is 3.08. The van der Waals surface area contributed by atoms with Crippen LogP contribution >= 0.6 is 0 Å². The summed E-state index contributed by atoms with van der Waals surface area (Å²) in [7, 11) is 1.34. The Morgan fingerprint density at radius 1 is 1.24 bits per heavy atom. The first-order valence-electron chi connectivity index (χ1n) is 7.71. The summed E-state index contributed by atoms with van der Waals surface area (Å²) in [5.41, 5.74) is -0.819. The maximum atomic E-state index is 12.3. The Hall–Kier alpha value is -2.84. The lowest BCUT2D eigenvalue weighted by molar-refractivity contribution is -0.385. The summed E-state index contributed by atoms with van der Waals surface area (Å²) < 4.78 is 15.4. The van der Waals surface area contributed by atoms with Gasteiger partial charge in [0.05, 0.1) is 24.7 Å². The zero-order valence-electron chi connectivity index (χ0n) is 14.8. The van der Waals surface area contributed by atoms with Crippen LogP contribution in [-0.4, -0.2) is 42.7 Å². The van der Waals surface area contributed by atoms with Crippen LogP contribution in [-0.2, 0) is 9.53 Å². The van der Waals surface area contributed by atoms with Crippen molar-refractivity contribution in [3.8, 4) is 11.5 Å². The number of rotatable bonds is 8. The van der Waals surface area contributed by atoms with E-state index in [1.807, 2.05) is 0 Å². The van der Waals surface area contributed by atoms with Gasteiger partial charge in [-0.25, -0.2) is 4.79 Å². The zero-order chi connectivity index (χ0) is 19.1. The number of nitrogens with zero attached hydrogens (tertiary/aromatic N) is 1. The Labute approximate surface area is 145 Å². The lowest BCUT2D eigenvalue weighted by Crippen LogP contribution is -2.39. The minimum Gasteiger partial charge on any atom is -0.493 e. The van der Waals surface area contributed by atoms with E-state index in [0.29, 0.717) is 0 Å². The number of ether oxygens (including phenoxy) is 3. The second kappa shape index (κ2) is 8.86. The number of esters is 1. The van der Waals surface area contributed by atoms with Crippen LogP contribution in [0.3, 0.4) is 0 Å². The van der Waals surface area contributed by atoms with Gasteiger partial charge in [0.2, 0.25) is 0 Å². The maximum Gasteiger partial charge on any atom is 0.346 e. The topological polar surface area (TPSA) is 117 Å². The molecule has 0 heterocycles. The first kappa shape index (κ1) is 20.2. The summed E-state index contributed by atoms with van der Waals surface area (Å²) in [5, 5.41) is 13.9. The molecular weight excluding hydrogens is 332 g/mol. The van der Waals surface area contributed by atoms with Gasteiger partial charge < -0.3 is 19.5 Å². The molecule has 0 aromatic heterocycles. The number of amides is 1. The number of methoxy groups -OCH3 is 1. The largest absolute Gasteiger partial charge is 0.493 e. The first-order chi connectivity index (χ1) is 11.7. The van der Waals surface area contributed by atoms with Crippen LogP contribution in [0.4, 0.5) is 5.69 Å². The molecule has 0 radical (unpaired) electrons. The highest BCUT2D eigenvalue weighted by Crippen LogP contribution is 2.35. The molecule has 1 rings (SSSR count). The molecule has 1 aromatic carbocycles. The van der Waals surface area contributed by atoms with Crippen molar-refractivity contribution in [1.29, 1.82) is 0 Å². The third kappa shape index (κ3) is 5.33. The second-order valence-electron chi connectivity index (χ2n) is 5.42. The number of benzene rings is 1. The van der Waals surface area contributed by atoms with Crippen LogP contribution in [0.5, 0.6) is 11.5 Å². The molecule has 1 aromatic rings. The van der Waals surface area contributed by atoms with Gasteiger partial charge in [0.25, 0.3) is 11.6 Å². The molecule has 1 amide bonds. The van der Waals surface area contributed by atoms with Gasteiger partial charge in [-0.05, 0) is 27.7 Å². The van der Waals surface area contributed by atoms with Crippen molar-refractivity contribution >= 4 is 17.6 Å². The standard InChI is InChI=1S/C16H22N2O7/c1-6-24-14-8-12(18(21)22)11(7-13(14)23-5)16(20)25-10(4)15(19)17-9(2)3/h7-10H,6H2,1-5H3,(H,17,19). The summed E-state index contributed by atoms with van der Waals surface area (Å²) in [4.78, 5) is 34.7. The first-order valence-corrected chi connectivity index (χ1v) is 7.71. The molecule has 1 atom stereocenters. The number of nitro benzene ring substituents is 1. The third-order valence-corrected chi connectivity index (χ3v) is 3.08. The number of carbonyl (C=O) groups excluding carboxylic acids is 2. The second-order valence-corrected chi connectivity index (χ2v) is 5.42. The van der Waals surface area contributed by atoms with Gasteiger partial charge >= 0.3 is 5.97 Å². The highest BCUT2D eigenvalue weighted by atomic mass is 16.6. The van der Waals surface area contributed by atoms with Crippen LogP contribution in [0.15, 0.2) is 12.1 Å². The van der Waals surface area contributed by atoms with E-state index in [1.165, 1.54) is 20.1 Å². The molecule has 0 saturated heterocycles. The molecular formula is C16H22N2O7. The van der Waals surface area contributed by atoms with E-state index in [4.69, 9.17) is 14.2 Å². The molecule has 0 aliphatic carbocycles. The van der Waals surface area contributed by atoms with Crippen molar-refractivity contribution in [2.75, 3.05) is 13.7 Å². The predicted octanol–water partition coefficient (Wildman–Crippen LogP) is 2.07. The molecule has 0 spiro atoms. The fourth-order valence-electron chi connectivity index (χ4n) is 1.97. The maximum absolute atomic E-state index is 12.3. The molecule has 0 bridgehead atoms. The summed E-state index contributed by atoms with van der Waals surface area (Å²) >= 11 is 0. The SMILES string of the molecule is CCOc1cc([N+](=O)[O-])c(C(=O)OC(C)C(=O)NC(C)C)cc1OC. The average molecular weight is 354 g/mol. The van der Waals surface area contributed by atoms with Gasteiger partial charge in [-0.3, -0.25) is 14.9 Å². The van der Waals surface area contributed by atoms with Gasteiger partial charge in [-0.15, -0.1) is 0 Å². The monoisotopic (exact) mass is 354 g/mol. The minimum atomic E-state index is -1.10. The Balaban J connectivity index is 3.15. The Morgan fingerprint density at radius 2 is 1.88 bits per heavy atom. The Bertz CT molecular complexity index is 658. The molecule has 1 N–H and O–H groups in total. The summed E-state index contributed by atoms with van der Waals surface area (Å²) in [6.45, 7) is 6.88. The lowest BCUT2D eigenvalue weighted by Gasteiger charge is -2.16.